The van der Waals surface area contributed by atoms with Gasteiger partial charge in [0.15, 0.2) is 6.19 Å². The van der Waals surface area contributed by atoms with Crippen molar-refractivity contribution >= 4 is 10.1 Å². The molecule has 0 saturated heterocycles. The van der Waals surface area contributed by atoms with Crippen LogP contribution in [0.15, 0.2) is 0 Å². The van der Waals surface area contributed by atoms with E-state index in [1.54, 1.807) is 13.3 Å². The highest BCUT2D eigenvalue weighted by atomic mass is 32.3. The Kier molecular flexibility index (Phi) is 3.37. The van der Waals surface area contributed by atoms with Crippen LogP contribution in [0.1, 0.15) is 13.3 Å². The first-order valence-corrected chi connectivity index (χ1v) is 5.54. The fraction of sp³-hybridized carbons (Fsp3) is 0.833. The molecule has 60 valence electrons. The van der Waals surface area contributed by atoms with Crippen LogP contribution >= 0.6 is 0 Å². The van der Waals surface area contributed by atoms with Gasteiger partial charge in [-0.2, -0.15) is 5.26 Å². The smallest absolute Gasteiger partial charge is 0.190 e. The summed E-state index contributed by atoms with van der Waals surface area (Å²) in [6.45, 7) is 1.96. The zero-order chi connectivity index (χ0) is 8.20. The Morgan fingerprint density at radius 3 is 2.50 bits per heavy atom. The van der Waals surface area contributed by atoms with Gasteiger partial charge in [-0.05, 0) is 16.5 Å². The van der Waals surface area contributed by atoms with Crippen LogP contribution < -0.4 is 0 Å². The highest BCUT2D eigenvalue weighted by molar-refractivity contribution is 8.00. The van der Waals surface area contributed by atoms with E-state index in [-0.39, 0.29) is 0 Å². The second kappa shape index (κ2) is 3.57. The van der Waals surface area contributed by atoms with Crippen molar-refractivity contribution < 1.29 is 4.21 Å². The summed E-state index contributed by atoms with van der Waals surface area (Å²) in [5, 5.41) is 8.40. The minimum Gasteiger partial charge on any atom is -0.266 e. The van der Waals surface area contributed by atoms with Crippen LogP contribution in [0.4, 0.5) is 0 Å². The average molecular weight is 162 g/mol. The van der Waals surface area contributed by atoms with Crippen LogP contribution in [-0.4, -0.2) is 27.6 Å². The topological polar surface area (TPSA) is 44.1 Å². The van der Waals surface area contributed by atoms with Crippen LogP contribution in [-0.2, 0) is 10.1 Å². The van der Waals surface area contributed by atoms with Gasteiger partial charge < -0.3 is 0 Å². The lowest BCUT2D eigenvalue weighted by molar-refractivity contribution is 0.620. The third kappa shape index (κ3) is 2.36. The molecule has 0 rings (SSSR count). The summed E-state index contributed by atoms with van der Waals surface area (Å²) in [5.74, 6) is 0.622. The summed E-state index contributed by atoms with van der Waals surface area (Å²) in [7, 11) is -0.745. The highest BCUT2D eigenvalue weighted by Crippen LogP contribution is 2.04. The number of rotatable bonds is 3. The third-order valence-electron chi connectivity index (χ3n) is 1.42. The molecule has 0 N–H and O–H groups in total. The summed E-state index contributed by atoms with van der Waals surface area (Å²) in [6.07, 6.45) is 4.36. The first kappa shape index (κ1) is 9.44. The number of hydrogen-bond acceptors (Lipinski definition) is 2. The Labute approximate surface area is 63.2 Å². The van der Waals surface area contributed by atoms with Crippen molar-refractivity contribution in [3.8, 4) is 6.19 Å². The molecule has 0 aromatic heterocycles. The van der Waals surface area contributed by atoms with E-state index in [0.717, 1.165) is 6.42 Å². The van der Waals surface area contributed by atoms with Gasteiger partial charge in [0.1, 0.15) is 0 Å². The van der Waals surface area contributed by atoms with E-state index in [1.165, 1.54) is 4.31 Å². The van der Waals surface area contributed by atoms with Crippen molar-refractivity contribution in [2.75, 3.05) is 19.1 Å². The summed E-state index contributed by atoms with van der Waals surface area (Å²) < 4.78 is 12.7. The number of thiol groups is 1. The fourth-order valence-corrected chi connectivity index (χ4v) is 1.98. The zero-order valence-corrected chi connectivity index (χ0v) is 7.56. The van der Waals surface area contributed by atoms with Gasteiger partial charge in [0.05, 0.1) is 0 Å². The molecule has 0 aliphatic heterocycles. The van der Waals surface area contributed by atoms with Gasteiger partial charge in [0.25, 0.3) is 0 Å². The van der Waals surface area contributed by atoms with Crippen molar-refractivity contribution in [3.63, 3.8) is 0 Å². The molecule has 0 aromatic rings. The van der Waals surface area contributed by atoms with Crippen molar-refractivity contribution in [1.29, 1.82) is 5.26 Å². The molecule has 0 bridgehead atoms. The van der Waals surface area contributed by atoms with Crippen molar-refractivity contribution in [2.45, 2.75) is 13.3 Å². The molecule has 0 saturated carbocycles. The summed E-state index contributed by atoms with van der Waals surface area (Å²) in [6, 6.07) is 0. The predicted molar refractivity (Wildman–Crippen MR) is 44.0 cm³/mol. The molecule has 0 aliphatic rings. The Morgan fingerprint density at radius 1 is 1.70 bits per heavy atom. The van der Waals surface area contributed by atoms with Crippen LogP contribution in [0.25, 0.3) is 0 Å². The van der Waals surface area contributed by atoms with Crippen LogP contribution in [0.2, 0.25) is 0 Å². The maximum absolute atomic E-state index is 11.4. The molecular formula is C6H14N2OS. The molecule has 0 aromatic carbocycles. The van der Waals surface area contributed by atoms with Gasteiger partial charge in [-0.3, -0.25) is 8.51 Å². The first-order chi connectivity index (χ1) is 4.54. The van der Waals surface area contributed by atoms with Crippen LogP contribution in [0.5, 0.6) is 0 Å². The maximum atomic E-state index is 11.4. The minimum absolute atomic E-state index is 0.622. The lowest BCUT2D eigenvalue weighted by Gasteiger charge is -2.24. The van der Waals surface area contributed by atoms with Gasteiger partial charge in [-0.25, -0.2) is 0 Å². The molecule has 4 heteroatoms. The van der Waals surface area contributed by atoms with Crippen molar-refractivity contribution in [3.05, 3.63) is 0 Å². The van der Waals surface area contributed by atoms with Gasteiger partial charge >= 0.3 is 0 Å². The highest BCUT2D eigenvalue weighted by Gasteiger charge is 2.10. The molecule has 3 nitrogen and oxygen atoms in total. The largest absolute Gasteiger partial charge is 0.266 e. The molecule has 0 aliphatic carbocycles. The predicted octanol–water partition coefficient (Wildman–Crippen LogP) is 0.371. The Balaban J connectivity index is 4.14. The summed E-state index contributed by atoms with van der Waals surface area (Å²) in [4.78, 5) is 0. The molecule has 0 fully saturated rings. The Bertz CT molecular complexity index is 185. The van der Waals surface area contributed by atoms with Gasteiger partial charge in [-0.15, -0.1) is 0 Å². The summed E-state index contributed by atoms with van der Waals surface area (Å²) >= 11 is 0. The van der Waals surface area contributed by atoms with Crippen molar-refractivity contribution in [1.82, 2.24) is 4.31 Å². The molecule has 10 heavy (non-hydrogen) atoms. The third-order valence-corrected chi connectivity index (χ3v) is 4.05. The quantitative estimate of drug-likeness (QED) is 0.370. The lowest BCUT2D eigenvalue weighted by Crippen LogP contribution is -2.30. The van der Waals surface area contributed by atoms with Crippen molar-refractivity contribution in [2.24, 2.45) is 0 Å². The van der Waals surface area contributed by atoms with Crippen LogP contribution in [0, 0.1) is 11.5 Å². The SMILES string of the molecule is CCC[SH](C)(=O)N(C)C#N. The normalized spacial score (nSPS) is 12.2. The standard InChI is InChI=1S/C6H14N2OS/c1-4-5-10(3,9)8(2)6-7/h10H,4-5H2,1-3H3. The van der Waals surface area contributed by atoms with E-state index in [4.69, 9.17) is 5.26 Å². The maximum Gasteiger partial charge on any atom is 0.190 e. The van der Waals surface area contributed by atoms with Crippen LogP contribution in [0.3, 0.4) is 0 Å². The Hall–Kier alpha value is -0.560. The van der Waals surface area contributed by atoms with Gasteiger partial charge in [0.2, 0.25) is 0 Å². The average Bonchev–Trinajstić information content (AvgIpc) is 1.86. The van der Waals surface area contributed by atoms with E-state index in [9.17, 15) is 4.21 Å². The number of hydrogen-bond donors (Lipinski definition) is 1. The number of nitriles is 1. The molecule has 0 amide bonds. The van der Waals surface area contributed by atoms with E-state index >= 15 is 0 Å². The molecule has 0 atom stereocenters. The fourth-order valence-electron chi connectivity index (χ4n) is 0.659. The monoisotopic (exact) mass is 162 g/mol. The van der Waals surface area contributed by atoms with E-state index < -0.39 is 10.1 Å². The van der Waals surface area contributed by atoms with Gasteiger partial charge in [0, 0.05) is 19.1 Å². The summed E-state index contributed by atoms with van der Waals surface area (Å²) in [5.41, 5.74) is 0. The Morgan fingerprint density at radius 2 is 2.20 bits per heavy atom. The molecular weight excluding hydrogens is 148 g/mol. The molecule has 0 spiro atoms. The van der Waals surface area contributed by atoms with E-state index in [1.807, 2.05) is 13.1 Å². The molecule has 0 radical (unpaired) electrons. The molecule has 0 heterocycles. The zero-order valence-electron chi connectivity index (χ0n) is 6.66. The first-order valence-electron chi connectivity index (χ1n) is 3.25. The van der Waals surface area contributed by atoms with Gasteiger partial charge in [-0.1, -0.05) is 6.92 Å². The number of nitrogens with zero attached hydrogens (tertiary/aromatic N) is 2. The van der Waals surface area contributed by atoms with E-state index in [2.05, 4.69) is 0 Å². The second-order valence-electron chi connectivity index (χ2n) is 2.40. The van der Waals surface area contributed by atoms with E-state index in [0.29, 0.717) is 5.75 Å². The minimum atomic E-state index is -2.31. The lowest BCUT2D eigenvalue weighted by atomic mass is 10.6. The second-order valence-corrected chi connectivity index (χ2v) is 5.55. The molecule has 0 unspecified atom stereocenters.